The number of hydrogen-bond donors (Lipinski definition) is 0. The molecule has 1 unspecified atom stereocenters. The highest BCUT2D eigenvalue weighted by atomic mass is 16.5. The number of unbranched alkanes of at least 4 members (excludes halogenated alkanes) is 1. The Kier molecular flexibility index (Phi) is 7.00. The van der Waals surface area contributed by atoms with Gasteiger partial charge in [0.05, 0.1) is 23.3 Å². The van der Waals surface area contributed by atoms with Gasteiger partial charge in [0.25, 0.3) is 0 Å². The van der Waals surface area contributed by atoms with Crippen LogP contribution in [-0.4, -0.2) is 12.4 Å². The summed E-state index contributed by atoms with van der Waals surface area (Å²) in [5.41, 5.74) is 8.42. The highest BCUT2D eigenvalue weighted by Crippen LogP contribution is 2.53. The highest BCUT2D eigenvalue weighted by Gasteiger charge is 2.49. The van der Waals surface area contributed by atoms with Crippen LogP contribution in [0.15, 0.2) is 54.4 Å². The number of pyridine rings is 1. The van der Waals surface area contributed by atoms with Crippen molar-refractivity contribution in [2.75, 3.05) is 6.61 Å². The number of carbonyl (C=O) groups excluding carboxylic acids is 1. The Balaban J connectivity index is 1.80. The number of allylic oxidation sites excluding steroid dienone is 2. The van der Waals surface area contributed by atoms with E-state index in [2.05, 4.69) is 81.8 Å². The summed E-state index contributed by atoms with van der Waals surface area (Å²) in [4.78, 5) is 11.7. The van der Waals surface area contributed by atoms with Gasteiger partial charge in [-0.25, -0.2) is 0 Å². The first-order valence-electron chi connectivity index (χ1n) is 14.6. The van der Waals surface area contributed by atoms with Crippen LogP contribution in [0.1, 0.15) is 109 Å². The normalized spacial score (nSPS) is 18.8. The predicted molar refractivity (Wildman–Crippen MR) is 157 cm³/mol. The van der Waals surface area contributed by atoms with Gasteiger partial charge < -0.3 is 4.74 Å². The number of rotatable bonds is 9. The molecule has 0 N–H and O–H groups in total. The zero-order valence-corrected chi connectivity index (χ0v) is 24.4. The molecule has 3 aromatic rings. The quantitative estimate of drug-likeness (QED) is 0.165. The summed E-state index contributed by atoms with van der Waals surface area (Å²) < 4.78 is 8.90. The van der Waals surface area contributed by atoms with Gasteiger partial charge in [-0.15, -0.1) is 0 Å². The molecule has 0 fully saturated rings. The number of nitrogens with zero attached hydrogens (tertiary/aromatic N) is 1. The first kappa shape index (κ1) is 26.7. The van der Waals surface area contributed by atoms with Crippen molar-refractivity contribution in [3.8, 4) is 11.3 Å². The lowest BCUT2D eigenvalue weighted by molar-refractivity contribution is -0.756. The summed E-state index contributed by atoms with van der Waals surface area (Å²) in [6.45, 7) is 15.8. The summed E-state index contributed by atoms with van der Waals surface area (Å²) in [7, 11) is 0. The average Bonchev–Trinajstić information content (AvgIpc) is 3.02. The second kappa shape index (κ2) is 9.98. The van der Waals surface area contributed by atoms with E-state index >= 15 is 0 Å². The van der Waals surface area contributed by atoms with Crippen molar-refractivity contribution < 1.29 is 14.1 Å². The molecule has 0 radical (unpaired) electrons. The molecule has 1 aliphatic heterocycles. The predicted octanol–water partition coefficient (Wildman–Crippen LogP) is 8.29. The highest BCUT2D eigenvalue weighted by molar-refractivity contribution is 6.01. The molecule has 2 heterocycles. The molecule has 0 amide bonds. The van der Waals surface area contributed by atoms with E-state index in [0.29, 0.717) is 12.4 Å². The second-order valence-corrected chi connectivity index (χ2v) is 12.1. The Bertz CT molecular complexity index is 1420. The van der Waals surface area contributed by atoms with E-state index in [1.54, 1.807) is 13.0 Å². The third-order valence-electron chi connectivity index (χ3n) is 9.42. The molecule has 2 aromatic carbocycles. The van der Waals surface area contributed by atoms with Gasteiger partial charge >= 0.3 is 0 Å². The van der Waals surface area contributed by atoms with E-state index in [-0.39, 0.29) is 22.7 Å². The van der Waals surface area contributed by atoms with E-state index < -0.39 is 0 Å². The Morgan fingerprint density at radius 3 is 2.53 bits per heavy atom. The lowest BCUT2D eigenvalue weighted by Gasteiger charge is -2.35. The van der Waals surface area contributed by atoms with E-state index in [1.165, 1.54) is 57.1 Å². The van der Waals surface area contributed by atoms with Gasteiger partial charge in [0.15, 0.2) is 17.5 Å². The van der Waals surface area contributed by atoms with Crippen LogP contribution in [0.25, 0.3) is 22.0 Å². The zero-order valence-electron chi connectivity index (χ0n) is 24.4. The van der Waals surface area contributed by atoms with Gasteiger partial charge in [-0.05, 0) is 54.3 Å². The summed E-state index contributed by atoms with van der Waals surface area (Å²) in [5.74, 6) is 0.957. The molecule has 3 heteroatoms. The number of carbonyl (C=O) groups is 1. The number of aromatic nitrogens is 1. The molecular formula is C35H44NO2+. The number of ether oxygens (including phenoxy) is 1. The topological polar surface area (TPSA) is 30.2 Å². The molecule has 3 nitrogen and oxygen atoms in total. The molecule has 0 bridgehead atoms. The van der Waals surface area contributed by atoms with Crippen LogP contribution in [-0.2, 0) is 26.9 Å². The fourth-order valence-corrected chi connectivity index (χ4v) is 7.23. The minimum absolute atomic E-state index is 0.00826. The van der Waals surface area contributed by atoms with Crippen molar-refractivity contribution in [2.24, 2.45) is 0 Å². The van der Waals surface area contributed by atoms with Gasteiger partial charge in [-0.2, -0.15) is 4.57 Å². The second-order valence-electron chi connectivity index (χ2n) is 12.1. The number of hydrogen-bond acceptors (Lipinski definition) is 2. The van der Waals surface area contributed by atoms with Gasteiger partial charge in [0, 0.05) is 42.7 Å². The molecule has 38 heavy (non-hydrogen) atoms. The first-order valence-corrected chi connectivity index (χ1v) is 14.6. The molecular weight excluding hydrogens is 466 g/mol. The van der Waals surface area contributed by atoms with Crippen molar-refractivity contribution in [3.63, 3.8) is 0 Å². The lowest BCUT2D eigenvalue weighted by atomic mass is 9.67. The van der Waals surface area contributed by atoms with Crippen LogP contribution >= 0.6 is 0 Å². The third-order valence-corrected chi connectivity index (χ3v) is 9.42. The van der Waals surface area contributed by atoms with Crippen molar-refractivity contribution in [2.45, 2.75) is 104 Å². The molecule has 1 atom stereocenters. The SMILES string of the molecule is CCCCc1cc2c3c4[n+](ccc3c1)C(CC)(CC)CC(COC(C)=CC(C)=O)c1cccc(c1-4)C2(C)C. The van der Waals surface area contributed by atoms with E-state index in [1.807, 2.05) is 6.92 Å². The van der Waals surface area contributed by atoms with Gasteiger partial charge in [-0.1, -0.05) is 71.4 Å². The number of aryl methyl sites for hydroxylation is 1. The average molecular weight is 511 g/mol. The van der Waals surface area contributed by atoms with Crippen molar-refractivity contribution in [1.82, 2.24) is 0 Å². The van der Waals surface area contributed by atoms with Crippen LogP contribution in [0, 0.1) is 0 Å². The third kappa shape index (κ3) is 4.19. The monoisotopic (exact) mass is 510 g/mol. The van der Waals surface area contributed by atoms with Crippen LogP contribution in [0.2, 0.25) is 0 Å². The molecule has 0 saturated carbocycles. The van der Waals surface area contributed by atoms with Crippen molar-refractivity contribution >= 4 is 16.6 Å². The Morgan fingerprint density at radius 1 is 1.08 bits per heavy atom. The molecule has 2 aliphatic rings. The Morgan fingerprint density at radius 2 is 1.84 bits per heavy atom. The standard InChI is InChI=1S/C35H44NO2/c1-8-11-13-25-19-26-16-17-36-33-31(26)30(20-25)34(6,7)29-15-12-14-28(32(29)33)27(21-35(36,9-2)10-3)22-38-24(5)18-23(4)37/h12,14-20,27H,8-11,13,21-22H2,1-7H3/q+1. The Labute approximate surface area is 228 Å². The minimum Gasteiger partial charge on any atom is -0.497 e. The molecule has 0 spiro atoms. The molecule has 0 saturated heterocycles. The summed E-state index contributed by atoms with van der Waals surface area (Å²) in [6.07, 6.45) is 10.7. The minimum atomic E-state index is -0.0979. The molecule has 1 aromatic heterocycles. The van der Waals surface area contributed by atoms with Crippen LogP contribution in [0.4, 0.5) is 0 Å². The van der Waals surface area contributed by atoms with Crippen LogP contribution in [0.5, 0.6) is 0 Å². The fourth-order valence-electron chi connectivity index (χ4n) is 7.23. The summed E-state index contributed by atoms with van der Waals surface area (Å²) in [5, 5.41) is 2.79. The fraction of sp³-hybridized carbons (Fsp3) is 0.486. The maximum Gasteiger partial charge on any atom is 0.221 e. The van der Waals surface area contributed by atoms with Crippen molar-refractivity contribution in [3.05, 3.63) is 76.7 Å². The van der Waals surface area contributed by atoms with Gasteiger partial charge in [0.1, 0.15) is 0 Å². The van der Waals surface area contributed by atoms with Gasteiger partial charge in [0.2, 0.25) is 5.69 Å². The summed E-state index contributed by atoms with van der Waals surface area (Å²) in [6, 6.07) is 14.3. The van der Waals surface area contributed by atoms with E-state index in [4.69, 9.17) is 4.74 Å². The van der Waals surface area contributed by atoms with Crippen molar-refractivity contribution in [1.29, 1.82) is 0 Å². The maximum atomic E-state index is 11.7. The number of benzene rings is 2. The van der Waals surface area contributed by atoms with Gasteiger partial charge in [-0.3, -0.25) is 4.79 Å². The molecule has 1 aliphatic carbocycles. The smallest absolute Gasteiger partial charge is 0.221 e. The maximum absolute atomic E-state index is 11.7. The first-order chi connectivity index (χ1) is 18.2. The van der Waals surface area contributed by atoms with Crippen LogP contribution < -0.4 is 4.57 Å². The summed E-state index contributed by atoms with van der Waals surface area (Å²) >= 11 is 0. The van der Waals surface area contributed by atoms with Crippen LogP contribution in [0.3, 0.4) is 0 Å². The molecule has 5 rings (SSSR count). The Hall–Kier alpha value is -2.94. The number of ketones is 1. The zero-order chi connectivity index (χ0) is 27.2. The van der Waals surface area contributed by atoms with E-state index in [9.17, 15) is 4.79 Å². The largest absolute Gasteiger partial charge is 0.497 e. The lowest BCUT2D eigenvalue weighted by Crippen LogP contribution is -2.57. The van der Waals surface area contributed by atoms with E-state index in [0.717, 1.165) is 25.7 Å². The molecule has 200 valence electrons.